The fraction of sp³-hybridized carbons (Fsp3) is 0.0645. The van der Waals surface area contributed by atoms with E-state index in [9.17, 15) is 10.5 Å². The average Bonchev–Trinajstić information content (AvgIpc) is 3.39. The minimum absolute atomic E-state index is 0.386. The first-order valence-electron chi connectivity index (χ1n) is 11.4. The summed E-state index contributed by atoms with van der Waals surface area (Å²) in [6.45, 7) is 0. The summed E-state index contributed by atoms with van der Waals surface area (Å²) in [5.74, 6) is 0. The van der Waals surface area contributed by atoms with Crippen LogP contribution in [0.4, 0.5) is 0 Å². The normalized spacial score (nSPS) is 10.9. The van der Waals surface area contributed by atoms with Crippen molar-refractivity contribution in [1.82, 2.24) is 9.55 Å². The summed E-state index contributed by atoms with van der Waals surface area (Å²) in [5.41, 5.74) is 5.37. The molecule has 1 aromatic heterocycles. The van der Waals surface area contributed by atoms with Gasteiger partial charge in [-0.3, -0.25) is 0 Å². The van der Waals surface area contributed by atoms with E-state index in [1.54, 1.807) is 12.1 Å². The highest BCUT2D eigenvalue weighted by Crippen LogP contribution is 2.40. The number of nitriles is 2. The predicted octanol–water partition coefficient (Wildman–Crippen LogP) is 6.06. The topological polar surface area (TPSA) is 65.4 Å². The molecule has 4 heteroatoms. The second kappa shape index (κ2) is 9.51. The van der Waals surface area contributed by atoms with Crippen molar-refractivity contribution in [3.05, 3.63) is 161 Å². The molecule has 1 heterocycles. The smallest absolute Gasteiger partial charge is 0.121 e. The van der Waals surface area contributed by atoms with Crippen LogP contribution in [0.3, 0.4) is 0 Å². The molecule has 0 N–H and O–H groups in total. The van der Waals surface area contributed by atoms with Gasteiger partial charge in [-0.25, -0.2) is 4.98 Å². The molecule has 5 aromatic rings. The molecule has 0 aliphatic heterocycles. The van der Waals surface area contributed by atoms with Crippen LogP contribution < -0.4 is 0 Å². The highest BCUT2D eigenvalue weighted by atomic mass is 15.1. The van der Waals surface area contributed by atoms with Gasteiger partial charge in [-0.2, -0.15) is 10.5 Å². The zero-order valence-corrected chi connectivity index (χ0v) is 19.0. The lowest BCUT2D eigenvalue weighted by Crippen LogP contribution is -2.36. The second-order valence-electron chi connectivity index (χ2n) is 8.36. The molecule has 0 spiro atoms. The first kappa shape index (κ1) is 21.9. The van der Waals surface area contributed by atoms with Gasteiger partial charge in [-0.1, -0.05) is 97.1 Å². The van der Waals surface area contributed by atoms with Gasteiger partial charge < -0.3 is 4.57 Å². The van der Waals surface area contributed by atoms with Crippen molar-refractivity contribution in [2.75, 3.05) is 0 Å². The first-order chi connectivity index (χ1) is 17.3. The van der Waals surface area contributed by atoms with Crippen molar-refractivity contribution in [1.29, 1.82) is 10.5 Å². The summed E-state index contributed by atoms with van der Waals surface area (Å²) in [6, 6.07) is 40.9. The van der Waals surface area contributed by atoms with Gasteiger partial charge in [-0.05, 0) is 34.4 Å². The van der Waals surface area contributed by atoms with Crippen molar-refractivity contribution in [2.45, 2.75) is 12.0 Å². The van der Waals surface area contributed by atoms with E-state index < -0.39 is 5.54 Å². The third kappa shape index (κ3) is 3.99. The standard InChI is InChI=1S/C31H22N4/c32-20-25-17-16-24(18-26(25)21-33)19-30-22-35(23-34-30)31(27-10-4-1-5-11-27,28-12-6-2-7-13-28)29-14-8-3-9-15-29/h1-18,22-23H,19H2. The van der Waals surface area contributed by atoms with Gasteiger partial charge in [0.15, 0.2) is 0 Å². The Hall–Kier alpha value is -4.93. The third-order valence-corrected chi connectivity index (χ3v) is 6.31. The molecule has 0 saturated heterocycles. The van der Waals surface area contributed by atoms with Crippen LogP contribution in [0.15, 0.2) is 122 Å². The first-order valence-corrected chi connectivity index (χ1v) is 11.4. The molecule has 0 radical (unpaired) electrons. The van der Waals surface area contributed by atoms with Crippen molar-refractivity contribution in [2.24, 2.45) is 0 Å². The molecular formula is C31H22N4. The molecule has 4 nitrogen and oxygen atoms in total. The number of aromatic nitrogens is 2. The van der Waals surface area contributed by atoms with Crippen LogP contribution in [0, 0.1) is 22.7 Å². The Morgan fingerprint density at radius 1 is 0.657 bits per heavy atom. The Labute approximate surface area is 205 Å². The largest absolute Gasteiger partial charge is 0.319 e. The Kier molecular flexibility index (Phi) is 5.95. The molecule has 0 amide bonds. The number of imidazole rings is 1. The van der Waals surface area contributed by atoms with E-state index in [1.165, 1.54) is 0 Å². The quantitative estimate of drug-likeness (QED) is 0.296. The van der Waals surface area contributed by atoms with E-state index in [-0.39, 0.29) is 0 Å². The molecule has 0 unspecified atom stereocenters. The van der Waals surface area contributed by atoms with Crippen LogP contribution in [-0.2, 0) is 12.0 Å². The highest BCUT2D eigenvalue weighted by Gasteiger charge is 2.38. The molecular weight excluding hydrogens is 428 g/mol. The van der Waals surface area contributed by atoms with E-state index in [0.29, 0.717) is 17.5 Å². The molecule has 35 heavy (non-hydrogen) atoms. The Balaban J connectivity index is 1.67. The Morgan fingerprint density at radius 2 is 1.17 bits per heavy atom. The summed E-state index contributed by atoms with van der Waals surface area (Å²) in [7, 11) is 0. The van der Waals surface area contributed by atoms with E-state index >= 15 is 0 Å². The van der Waals surface area contributed by atoms with Crippen molar-refractivity contribution in [3.8, 4) is 12.1 Å². The van der Waals surface area contributed by atoms with Crippen LogP contribution >= 0.6 is 0 Å². The Bertz CT molecular complexity index is 1430. The average molecular weight is 451 g/mol. The summed E-state index contributed by atoms with van der Waals surface area (Å²) < 4.78 is 2.18. The number of rotatable bonds is 6. The fourth-order valence-corrected chi connectivity index (χ4v) is 4.72. The lowest BCUT2D eigenvalue weighted by molar-refractivity contribution is 0.514. The summed E-state index contributed by atoms with van der Waals surface area (Å²) in [6.07, 6.45) is 4.52. The third-order valence-electron chi connectivity index (χ3n) is 6.31. The molecule has 0 saturated carbocycles. The van der Waals surface area contributed by atoms with Crippen LogP contribution in [0.1, 0.15) is 39.1 Å². The maximum atomic E-state index is 9.41. The van der Waals surface area contributed by atoms with Gasteiger partial charge in [0.05, 0.1) is 23.1 Å². The van der Waals surface area contributed by atoms with Crippen molar-refractivity contribution >= 4 is 0 Å². The lowest BCUT2D eigenvalue weighted by Gasteiger charge is -2.37. The van der Waals surface area contributed by atoms with Gasteiger partial charge in [0.1, 0.15) is 17.7 Å². The van der Waals surface area contributed by atoms with Crippen LogP contribution in [0.5, 0.6) is 0 Å². The number of hydrogen-bond acceptors (Lipinski definition) is 3. The maximum absolute atomic E-state index is 9.41. The van der Waals surface area contributed by atoms with Gasteiger partial charge in [0.25, 0.3) is 0 Å². The zero-order chi connectivity index (χ0) is 24.1. The van der Waals surface area contributed by atoms with E-state index in [1.807, 2.05) is 30.6 Å². The van der Waals surface area contributed by atoms with Gasteiger partial charge in [0.2, 0.25) is 0 Å². The molecule has 4 aromatic carbocycles. The van der Waals surface area contributed by atoms with Gasteiger partial charge in [0, 0.05) is 12.6 Å². The molecule has 166 valence electrons. The minimum atomic E-state index is -0.614. The number of benzene rings is 4. The highest BCUT2D eigenvalue weighted by molar-refractivity contribution is 5.51. The van der Waals surface area contributed by atoms with Gasteiger partial charge in [-0.15, -0.1) is 0 Å². The summed E-state index contributed by atoms with van der Waals surface area (Å²) >= 11 is 0. The molecule has 5 rings (SSSR count). The van der Waals surface area contributed by atoms with Gasteiger partial charge >= 0.3 is 0 Å². The fourth-order valence-electron chi connectivity index (χ4n) is 4.72. The summed E-state index contributed by atoms with van der Waals surface area (Å²) in [5, 5.41) is 18.6. The molecule has 0 aliphatic carbocycles. The SMILES string of the molecule is N#Cc1ccc(Cc2cn(C(c3ccccc3)(c3ccccc3)c3ccccc3)cn2)cc1C#N. The summed E-state index contributed by atoms with van der Waals surface area (Å²) in [4.78, 5) is 4.77. The Morgan fingerprint density at radius 3 is 1.66 bits per heavy atom. The predicted molar refractivity (Wildman–Crippen MR) is 136 cm³/mol. The zero-order valence-electron chi connectivity index (χ0n) is 19.0. The maximum Gasteiger partial charge on any atom is 0.121 e. The van der Waals surface area contributed by atoms with E-state index in [2.05, 4.69) is 95.7 Å². The number of nitrogens with zero attached hydrogens (tertiary/aromatic N) is 4. The lowest BCUT2D eigenvalue weighted by atomic mass is 9.77. The number of hydrogen-bond donors (Lipinski definition) is 0. The van der Waals surface area contributed by atoms with Crippen molar-refractivity contribution < 1.29 is 0 Å². The van der Waals surface area contributed by atoms with Crippen LogP contribution in [0.2, 0.25) is 0 Å². The monoisotopic (exact) mass is 450 g/mol. The van der Waals surface area contributed by atoms with Crippen molar-refractivity contribution in [3.63, 3.8) is 0 Å². The molecule has 0 atom stereocenters. The van der Waals surface area contributed by atoms with E-state index in [0.717, 1.165) is 27.9 Å². The van der Waals surface area contributed by atoms with Crippen LogP contribution in [-0.4, -0.2) is 9.55 Å². The molecule has 0 fully saturated rings. The molecule has 0 aliphatic rings. The molecule has 0 bridgehead atoms. The van der Waals surface area contributed by atoms with E-state index in [4.69, 9.17) is 4.98 Å². The second-order valence-corrected chi connectivity index (χ2v) is 8.36. The van der Waals surface area contributed by atoms with Crippen LogP contribution in [0.25, 0.3) is 0 Å². The minimum Gasteiger partial charge on any atom is -0.319 e.